The molecule has 3 rings (SSSR count). The average molecular weight is 458 g/mol. The molecule has 6 nitrogen and oxygen atoms in total. The summed E-state index contributed by atoms with van der Waals surface area (Å²) in [6.45, 7) is -0.697. The number of halogens is 4. The molecule has 30 heavy (non-hydrogen) atoms. The second-order valence-electron chi connectivity index (χ2n) is 6.42. The predicted molar refractivity (Wildman–Crippen MR) is 106 cm³/mol. The third kappa shape index (κ3) is 5.19. The minimum Gasteiger partial charge on any atom is -0.340 e. The highest BCUT2D eigenvalue weighted by Crippen LogP contribution is 2.25. The van der Waals surface area contributed by atoms with Crippen LogP contribution in [0.15, 0.2) is 53.7 Å². The van der Waals surface area contributed by atoms with Crippen LogP contribution in [0.4, 0.5) is 18.9 Å². The Hall–Kier alpha value is -2.85. The van der Waals surface area contributed by atoms with Gasteiger partial charge in [0, 0.05) is 23.2 Å². The maximum atomic E-state index is 13.1. The summed E-state index contributed by atoms with van der Waals surface area (Å²) < 4.78 is 63.7. The lowest BCUT2D eigenvalue weighted by atomic mass is 10.2. The SMILES string of the molecule is CS(=O)(=O)c1cc(Cl)cc(NC(=O)c2cc(-c3ccc(F)cn3)n(CC(F)F)c2)c1. The van der Waals surface area contributed by atoms with Crippen molar-refractivity contribution in [3.63, 3.8) is 0 Å². The number of nitrogens with one attached hydrogen (secondary N) is 1. The van der Waals surface area contributed by atoms with Gasteiger partial charge in [0.15, 0.2) is 9.84 Å². The van der Waals surface area contributed by atoms with Crippen LogP contribution in [0.25, 0.3) is 11.4 Å². The van der Waals surface area contributed by atoms with E-state index in [1.165, 1.54) is 36.5 Å². The summed E-state index contributed by atoms with van der Waals surface area (Å²) in [6, 6.07) is 7.60. The lowest BCUT2D eigenvalue weighted by Crippen LogP contribution is -2.12. The van der Waals surface area contributed by atoms with E-state index in [1.54, 1.807) is 0 Å². The van der Waals surface area contributed by atoms with Crippen LogP contribution in [0.3, 0.4) is 0 Å². The number of anilines is 1. The molecule has 0 bridgehead atoms. The van der Waals surface area contributed by atoms with Gasteiger partial charge in [-0.05, 0) is 36.4 Å². The topological polar surface area (TPSA) is 81.1 Å². The maximum absolute atomic E-state index is 13.1. The summed E-state index contributed by atoms with van der Waals surface area (Å²) in [5.74, 6) is -1.26. The lowest BCUT2D eigenvalue weighted by molar-refractivity contribution is 0.102. The molecule has 2 heterocycles. The van der Waals surface area contributed by atoms with E-state index in [2.05, 4.69) is 10.3 Å². The number of hydrogen-bond donors (Lipinski definition) is 1. The molecule has 1 N–H and O–H groups in total. The maximum Gasteiger partial charge on any atom is 0.257 e. The molecule has 1 aromatic carbocycles. The van der Waals surface area contributed by atoms with E-state index in [-0.39, 0.29) is 32.6 Å². The van der Waals surface area contributed by atoms with Gasteiger partial charge in [0.1, 0.15) is 5.82 Å². The normalized spacial score (nSPS) is 11.7. The molecule has 0 radical (unpaired) electrons. The largest absolute Gasteiger partial charge is 0.340 e. The zero-order valence-corrected chi connectivity index (χ0v) is 17.0. The third-order valence-electron chi connectivity index (χ3n) is 4.04. The number of alkyl halides is 2. The fraction of sp³-hybridized carbons (Fsp3) is 0.158. The molecule has 0 aliphatic heterocycles. The summed E-state index contributed by atoms with van der Waals surface area (Å²) in [6.07, 6.45) is 0.450. The molecule has 158 valence electrons. The number of rotatable bonds is 6. The first-order chi connectivity index (χ1) is 14.0. The highest BCUT2D eigenvalue weighted by molar-refractivity contribution is 7.90. The molecular formula is C19H15ClF3N3O3S. The molecule has 0 spiro atoms. The van der Waals surface area contributed by atoms with Gasteiger partial charge < -0.3 is 9.88 Å². The fourth-order valence-electron chi connectivity index (χ4n) is 2.73. The van der Waals surface area contributed by atoms with Crippen molar-refractivity contribution in [3.05, 3.63) is 65.2 Å². The Labute approximate surface area is 175 Å². The van der Waals surface area contributed by atoms with Crippen LogP contribution in [0, 0.1) is 5.82 Å². The van der Waals surface area contributed by atoms with Crippen LogP contribution in [0.1, 0.15) is 10.4 Å². The number of carbonyl (C=O) groups excluding carboxylic acids is 1. The minimum absolute atomic E-state index is 0.0256. The summed E-state index contributed by atoms with van der Waals surface area (Å²) in [5.41, 5.74) is 0.551. The summed E-state index contributed by atoms with van der Waals surface area (Å²) in [5, 5.41) is 2.59. The number of benzene rings is 1. The number of aromatic nitrogens is 2. The van der Waals surface area contributed by atoms with E-state index in [4.69, 9.17) is 11.6 Å². The zero-order chi connectivity index (χ0) is 22.1. The Morgan fingerprint density at radius 2 is 1.97 bits per heavy atom. The molecule has 11 heteroatoms. The van der Waals surface area contributed by atoms with Gasteiger partial charge in [0.05, 0.1) is 34.6 Å². The van der Waals surface area contributed by atoms with Crippen LogP contribution < -0.4 is 5.32 Å². The van der Waals surface area contributed by atoms with Crippen LogP contribution in [0.5, 0.6) is 0 Å². The van der Waals surface area contributed by atoms with E-state index in [0.29, 0.717) is 0 Å². The summed E-state index contributed by atoms with van der Waals surface area (Å²) in [7, 11) is -3.57. The van der Waals surface area contributed by atoms with Gasteiger partial charge in [0.25, 0.3) is 12.3 Å². The van der Waals surface area contributed by atoms with Gasteiger partial charge >= 0.3 is 0 Å². The molecular weight excluding hydrogens is 443 g/mol. The molecule has 0 saturated carbocycles. The van der Waals surface area contributed by atoms with Gasteiger partial charge in [0.2, 0.25) is 0 Å². The van der Waals surface area contributed by atoms with E-state index in [9.17, 15) is 26.4 Å². The molecule has 0 aliphatic rings. The minimum atomic E-state index is -3.57. The van der Waals surface area contributed by atoms with E-state index in [1.807, 2.05) is 0 Å². The van der Waals surface area contributed by atoms with Crippen LogP contribution in [0.2, 0.25) is 5.02 Å². The van der Waals surface area contributed by atoms with Crippen molar-refractivity contribution in [2.75, 3.05) is 11.6 Å². The predicted octanol–water partition coefficient (Wildman–Crippen LogP) is 4.26. The number of nitrogens with zero attached hydrogens (tertiary/aromatic N) is 2. The molecule has 0 unspecified atom stereocenters. The van der Waals surface area contributed by atoms with Crippen molar-refractivity contribution in [1.29, 1.82) is 0 Å². The summed E-state index contributed by atoms with van der Waals surface area (Å²) in [4.78, 5) is 16.4. The van der Waals surface area contributed by atoms with Crippen molar-refractivity contribution >= 4 is 33.0 Å². The quantitative estimate of drug-likeness (QED) is 0.599. The molecule has 1 amide bonds. The first kappa shape index (κ1) is 21.8. The van der Waals surface area contributed by atoms with Crippen LogP contribution >= 0.6 is 11.6 Å². The number of carbonyl (C=O) groups is 1. The standard InChI is InChI=1S/C19H15ClF3N3O3S/c1-30(28,29)15-6-12(20)5-14(7-15)25-19(27)11-4-17(26(9-11)10-18(22)23)16-3-2-13(21)8-24-16/h2-9,18H,10H2,1H3,(H,25,27). The second kappa shape index (κ2) is 8.49. The Kier molecular flexibility index (Phi) is 6.18. The molecule has 3 aromatic rings. The number of hydrogen-bond acceptors (Lipinski definition) is 4. The highest BCUT2D eigenvalue weighted by Gasteiger charge is 2.18. The molecule has 0 atom stereocenters. The third-order valence-corrected chi connectivity index (χ3v) is 5.35. The highest BCUT2D eigenvalue weighted by atomic mass is 35.5. The van der Waals surface area contributed by atoms with Gasteiger partial charge in [-0.3, -0.25) is 9.78 Å². The molecule has 0 saturated heterocycles. The zero-order valence-electron chi connectivity index (χ0n) is 15.4. The van der Waals surface area contributed by atoms with Crippen LogP contribution in [-0.2, 0) is 16.4 Å². The van der Waals surface area contributed by atoms with Crippen molar-refractivity contribution in [1.82, 2.24) is 9.55 Å². The van der Waals surface area contributed by atoms with E-state index < -0.39 is 34.5 Å². The van der Waals surface area contributed by atoms with Crippen molar-refractivity contribution in [2.45, 2.75) is 17.9 Å². The fourth-order valence-corrected chi connectivity index (χ4v) is 3.71. The Morgan fingerprint density at radius 3 is 2.57 bits per heavy atom. The Morgan fingerprint density at radius 1 is 1.23 bits per heavy atom. The Balaban J connectivity index is 1.95. The number of sulfone groups is 1. The first-order valence-electron chi connectivity index (χ1n) is 8.45. The number of pyridine rings is 1. The second-order valence-corrected chi connectivity index (χ2v) is 8.87. The molecule has 0 fully saturated rings. The van der Waals surface area contributed by atoms with Crippen molar-refractivity contribution in [3.8, 4) is 11.4 Å². The van der Waals surface area contributed by atoms with Gasteiger partial charge in [-0.25, -0.2) is 21.6 Å². The van der Waals surface area contributed by atoms with Crippen LogP contribution in [-0.4, -0.2) is 36.6 Å². The molecule has 2 aromatic heterocycles. The number of amides is 1. The van der Waals surface area contributed by atoms with Crippen molar-refractivity contribution in [2.24, 2.45) is 0 Å². The first-order valence-corrected chi connectivity index (χ1v) is 10.7. The molecule has 0 aliphatic carbocycles. The van der Waals surface area contributed by atoms with E-state index >= 15 is 0 Å². The smallest absolute Gasteiger partial charge is 0.257 e. The lowest BCUT2D eigenvalue weighted by Gasteiger charge is -2.08. The summed E-state index contributed by atoms with van der Waals surface area (Å²) >= 11 is 5.92. The average Bonchev–Trinajstić information content (AvgIpc) is 3.04. The van der Waals surface area contributed by atoms with Gasteiger partial charge in [-0.1, -0.05) is 11.6 Å². The van der Waals surface area contributed by atoms with Gasteiger partial charge in [-0.2, -0.15) is 0 Å². The van der Waals surface area contributed by atoms with Gasteiger partial charge in [-0.15, -0.1) is 0 Å². The Bertz CT molecular complexity index is 1200. The van der Waals surface area contributed by atoms with Crippen molar-refractivity contribution < 1.29 is 26.4 Å². The monoisotopic (exact) mass is 457 g/mol. The van der Waals surface area contributed by atoms with E-state index in [0.717, 1.165) is 23.1 Å².